The number of carbonyl (C=O) groups is 6. The van der Waals surface area contributed by atoms with E-state index in [9.17, 15) is 33.9 Å². The van der Waals surface area contributed by atoms with Crippen LogP contribution in [0.4, 0.5) is 0 Å². The van der Waals surface area contributed by atoms with Crippen molar-refractivity contribution in [2.45, 2.75) is 49.9 Å². The summed E-state index contributed by atoms with van der Waals surface area (Å²) in [5.41, 5.74) is 26.1. The second-order valence-corrected chi connectivity index (χ2v) is 7.47. The van der Waals surface area contributed by atoms with Crippen molar-refractivity contribution in [3.8, 4) is 0 Å². The highest BCUT2D eigenvalue weighted by Crippen LogP contribution is 2.04. The predicted octanol–water partition coefficient (Wildman–Crippen LogP) is -5.41. The minimum atomic E-state index is -1.66. The van der Waals surface area contributed by atoms with Gasteiger partial charge in [0.1, 0.15) is 18.1 Å². The summed E-state index contributed by atoms with van der Waals surface area (Å²) in [4.78, 5) is 75.0. The third-order valence-electron chi connectivity index (χ3n) is 4.17. The fraction of sp³-hybridized carbons (Fsp3) is 0.588. The molecule has 17 heteroatoms. The fourth-order valence-electron chi connectivity index (χ4n) is 2.49. The summed E-state index contributed by atoms with van der Waals surface area (Å²) < 4.78 is 0. The third-order valence-corrected chi connectivity index (χ3v) is 4.56. The van der Waals surface area contributed by atoms with Crippen LogP contribution < -0.4 is 44.6 Å². The molecule has 0 aromatic rings. The monoisotopic (exact) mass is 505 g/mol. The number of primary amides is 2. The first-order chi connectivity index (χ1) is 15.8. The maximum atomic E-state index is 12.7. The van der Waals surface area contributed by atoms with Crippen molar-refractivity contribution >= 4 is 54.1 Å². The average molecular weight is 506 g/mol. The quantitative estimate of drug-likeness (QED) is 0.0410. The van der Waals surface area contributed by atoms with Gasteiger partial charge in [0.15, 0.2) is 5.96 Å². The van der Waals surface area contributed by atoms with Crippen LogP contribution in [0.2, 0.25) is 0 Å². The molecule has 5 amide bonds. The van der Waals surface area contributed by atoms with Gasteiger partial charge in [0.25, 0.3) is 0 Å². The normalized spacial score (nSPS) is 13.9. The highest BCUT2D eigenvalue weighted by atomic mass is 32.1. The second kappa shape index (κ2) is 15.3. The van der Waals surface area contributed by atoms with Gasteiger partial charge in [0.05, 0.1) is 18.9 Å². The molecule has 0 aliphatic carbocycles. The number of carboxylic acid groups (broad SMARTS) is 1. The first-order valence-electron chi connectivity index (χ1n) is 9.90. The largest absolute Gasteiger partial charge is 0.480 e. The van der Waals surface area contributed by atoms with E-state index in [1.807, 2.05) is 0 Å². The van der Waals surface area contributed by atoms with Crippen molar-refractivity contribution in [2.24, 2.45) is 33.7 Å². The Balaban J connectivity index is 5.63. The molecule has 0 saturated heterocycles. The van der Waals surface area contributed by atoms with E-state index in [2.05, 4.69) is 33.6 Å². The molecule has 16 nitrogen and oxygen atoms in total. The molecule has 0 rings (SSSR count). The van der Waals surface area contributed by atoms with Crippen LogP contribution in [0.3, 0.4) is 0 Å². The summed E-state index contributed by atoms with van der Waals surface area (Å²) in [6.45, 7) is 0.0733. The molecule has 0 aromatic carbocycles. The number of aliphatic carboxylic acids is 1. The van der Waals surface area contributed by atoms with Crippen LogP contribution in [0.25, 0.3) is 0 Å². The highest BCUT2D eigenvalue weighted by Gasteiger charge is 2.31. The van der Waals surface area contributed by atoms with Crippen molar-refractivity contribution in [3.05, 3.63) is 0 Å². The Morgan fingerprint density at radius 2 is 1.26 bits per heavy atom. The minimum absolute atomic E-state index is 0.0526. The van der Waals surface area contributed by atoms with E-state index in [0.29, 0.717) is 0 Å². The number of aliphatic imine (C=N–C) groups is 1. The van der Waals surface area contributed by atoms with Crippen molar-refractivity contribution in [1.29, 1.82) is 0 Å². The van der Waals surface area contributed by atoms with E-state index in [0.717, 1.165) is 0 Å². The summed E-state index contributed by atoms with van der Waals surface area (Å²) >= 11 is 3.87. The van der Waals surface area contributed by atoms with Gasteiger partial charge in [-0.25, -0.2) is 4.79 Å². The zero-order valence-electron chi connectivity index (χ0n) is 18.2. The number of rotatable bonds is 16. The first kappa shape index (κ1) is 30.4. The Morgan fingerprint density at radius 3 is 1.74 bits per heavy atom. The molecule has 4 atom stereocenters. The third kappa shape index (κ3) is 12.4. The van der Waals surface area contributed by atoms with Gasteiger partial charge in [-0.05, 0) is 12.8 Å². The van der Waals surface area contributed by atoms with Gasteiger partial charge in [0, 0.05) is 12.3 Å². The number of carbonyl (C=O) groups excluding carboxylic acids is 5. The molecule has 0 spiro atoms. The average Bonchev–Trinajstić information content (AvgIpc) is 2.72. The number of hydrogen-bond donors (Lipinski definition) is 10. The summed E-state index contributed by atoms with van der Waals surface area (Å²) in [5, 5.41) is 15.9. The molecule has 0 aliphatic heterocycles. The first-order valence-corrected chi connectivity index (χ1v) is 10.5. The Morgan fingerprint density at radius 1 is 0.794 bits per heavy atom. The Labute approximate surface area is 200 Å². The van der Waals surface area contributed by atoms with E-state index in [-0.39, 0.29) is 31.1 Å². The summed E-state index contributed by atoms with van der Waals surface area (Å²) in [6.07, 6.45) is -1.22. The molecule has 0 heterocycles. The van der Waals surface area contributed by atoms with E-state index >= 15 is 0 Å². The van der Waals surface area contributed by atoms with Crippen LogP contribution >= 0.6 is 12.6 Å². The molecule has 0 radical (unpaired) electrons. The Kier molecular flexibility index (Phi) is 13.7. The maximum absolute atomic E-state index is 12.7. The van der Waals surface area contributed by atoms with Gasteiger partial charge in [0.2, 0.25) is 29.5 Å². The van der Waals surface area contributed by atoms with Gasteiger partial charge in [-0.1, -0.05) is 0 Å². The van der Waals surface area contributed by atoms with Crippen molar-refractivity contribution in [3.63, 3.8) is 0 Å². The smallest absolute Gasteiger partial charge is 0.326 e. The lowest BCUT2D eigenvalue weighted by atomic mass is 10.1. The van der Waals surface area contributed by atoms with Crippen LogP contribution in [0.1, 0.15) is 25.7 Å². The van der Waals surface area contributed by atoms with E-state index < -0.39 is 72.5 Å². The lowest BCUT2D eigenvalue weighted by Gasteiger charge is -2.24. The zero-order chi connectivity index (χ0) is 26.4. The number of nitrogens with zero attached hydrogens (tertiary/aromatic N) is 1. The topological polar surface area (TPSA) is 301 Å². The van der Waals surface area contributed by atoms with Gasteiger partial charge >= 0.3 is 5.97 Å². The Hall–Kier alpha value is -3.60. The van der Waals surface area contributed by atoms with Gasteiger partial charge < -0.3 is 49.7 Å². The molecular formula is C17H31N9O7S. The summed E-state index contributed by atoms with van der Waals surface area (Å²) in [6, 6.07) is -5.58. The molecule has 0 saturated carbocycles. The number of amides is 5. The van der Waals surface area contributed by atoms with E-state index in [1.165, 1.54) is 0 Å². The number of guanidine groups is 1. The Bertz CT molecular complexity index is 804. The number of nitrogens with two attached hydrogens (primary N) is 5. The summed E-state index contributed by atoms with van der Waals surface area (Å²) in [7, 11) is 0. The van der Waals surface area contributed by atoms with E-state index in [4.69, 9.17) is 28.7 Å². The van der Waals surface area contributed by atoms with Gasteiger partial charge in [-0.2, -0.15) is 12.6 Å². The van der Waals surface area contributed by atoms with Gasteiger partial charge in [-0.15, -0.1) is 0 Å². The van der Waals surface area contributed by atoms with Crippen LogP contribution in [-0.4, -0.2) is 83.0 Å². The van der Waals surface area contributed by atoms with Crippen LogP contribution in [0.5, 0.6) is 0 Å². The fourth-order valence-corrected chi connectivity index (χ4v) is 2.66. The van der Waals surface area contributed by atoms with Crippen molar-refractivity contribution in [2.75, 3.05) is 12.3 Å². The van der Waals surface area contributed by atoms with Gasteiger partial charge in [-0.3, -0.25) is 29.0 Å². The number of thiol groups is 1. The molecular weight excluding hydrogens is 474 g/mol. The number of nitrogens with one attached hydrogen (secondary N) is 3. The van der Waals surface area contributed by atoms with Crippen LogP contribution in [-0.2, 0) is 28.8 Å². The minimum Gasteiger partial charge on any atom is -0.480 e. The van der Waals surface area contributed by atoms with Crippen LogP contribution in [0.15, 0.2) is 4.99 Å². The number of carboxylic acids is 1. The molecule has 192 valence electrons. The zero-order valence-corrected chi connectivity index (χ0v) is 19.1. The maximum Gasteiger partial charge on any atom is 0.326 e. The molecule has 14 N–H and O–H groups in total. The molecule has 4 unspecified atom stereocenters. The molecule has 0 bridgehead atoms. The highest BCUT2D eigenvalue weighted by molar-refractivity contribution is 7.80. The lowest BCUT2D eigenvalue weighted by Crippen LogP contribution is -2.58. The molecule has 0 aromatic heterocycles. The van der Waals surface area contributed by atoms with Crippen molar-refractivity contribution < 1.29 is 33.9 Å². The van der Waals surface area contributed by atoms with E-state index in [1.54, 1.807) is 0 Å². The molecule has 0 fully saturated rings. The van der Waals surface area contributed by atoms with Crippen molar-refractivity contribution in [1.82, 2.24) is 16.0 Å². The number of hydrogen-bond acceptors (Lipinski definition) is 9. The SMILES string of the molecule is NC(=O)CC(NC(=O)C(CCCN=C(N)N)NC(=O)C(CC(N)=O)NC(=O)C(N)CS)C(=O)O. The standard InChI is InChI=1S/C17H31N9O7S/c18-7(6-34)13(29)25-9(4-11(19)27)15(31)24-8(2-1-3-23-17(21)22)14(30)26-10(16(32)33)5-12(20)28/h7-10,34H,1-6,18H2,(H2,19,27)(H2,20,28)(H,24,31)(H,25,29)(H,26,30)(H,32,33)(H4,21,22,23). The molecule has 0 aliphatic rings. The summed E-state index contributed by atoms with van der Waals surface area (Å²) in [5.74, 6) is -6.43. The predicted molar refractivity (Wildman–Crippen MR) is 123 cm³/mol. The molecule has 34 heavy (non-hydrogen) atoms. The second-order valence-electron chi connectivity index (χ2n) is 7.10. The van der Waals surface area contributed by atoms with Crippen LogP contribution in [0, 0.1) is 0 Å². The lowest BCUT2D eigenvalue weighted by molar-refractivity contribution is -0.144.